The summed E-state index contributed by atoms with van der Waals surface area (Å²) in [5, 5.41) is 5.14. The van der Waals surface area contributed by atoms with Crippen molar-refractivity contribution in [2.45, 2.75) is 63.7 Å². The third-order valence-corrected chi connectivity index (χ3v) is 5.45. The summed E-state index contributed by atoms with van der Waals surface area (Å²) in [6.45, 7) is 3.74. The number of imide groups is 1. The minimum absolute atomic E-state index is 0.0965. The Balaban J connectivity index is 1.75. The van der Waals surface area contributed by atoms with E-state index in [9.17, 15) is 24.0 Å². The minimum Gasteiger partial charge on any atom is -0.368 e. The molecule has 0 aliphatic carbocycles. The summed E-state index contributed by atoms with van der Waals surface area (Å²) in [5.41, 5.74) is 6.02. The third kappa shape index (κ3) is 4.84. The van der Waals surface area contributed by atoms with Crippen LogP contribution in [0.3, 0.4) is 0 Å². The van der Waals surface area contributed by atoms with Crippen molar-refractivity contribution in [3.63, 3.8) is 0 Å². The molecule has 2 fully saturated rings. The smallest absolute Gasteiger partial charge is 0.324 e. The Labute approximate surface area is 178 Å². The molecular weight excluding hydrogens is 406 g/mol. The van der Waals surface area contributed by atoms with Gasteiger partial charge < -0.3 is 26.3 Å². The fourth-order valence-electron chi connectivity index (χ4n) is 3.95. The lowest BCUT2D eigenvalue weighted by molar-refractivity contribution is -0.141. The maximum atomic E-state index is 13.2. The largest absolute Gasteiger partial charge is 0.368 e. The van der Waals surface area contributed by atoms with Gasteiger partial charge in [-0.1, -0.05) is 0 Å². The highest BCUT2D eigenvalue weighted by molar-refractivity contribution is 6.03. The van der Waals surface area contributed by atoms with Gasteiger partial charge in [0.25, 0.3) is 0 Å². The summed E-state index contributed by atoms with van der Waals surface area (Å²) in [6, 6.07) is -3.85. The zero-order chi connectivity index (χ0) is 22.7. The summed E-state index contributed by atoms with van der Waals surface area (Å²) in [5.74, 6) is -2.18. The summed E-state index contributed by atoms with van der Waals surface area (Å²) in [4.78, 5) is 71.5. The summed E-state index contributed by atoms with van der Waals surface area (Å²) < 4.78 is 0. The molecule has 2 aliphatic rings. The van der Waals surface area contributed by atoms with Crippen molar-refractivity contribution in [3.8, 4) is 0 Å². The van der Waals surface area contributed by atoms with Gasteiger partial charge in [-0.2, -0.15) is 0 Å². The van der Waals surface area contributed by atoms with Gasteiger partial charge in [-0.3, -0.25) is 24.1 Å². The predicted octanol–water partition coefficient (Wildman–Crippen LogP) is -1.37. The van der Waals surface area contributed by atoms with Crippen LogP contribution in [0.2, 0.25) is 0 Å². The highest BCUT2D eigenvalue weighted by Gasteiger charge is 2.40. The number of aromatic amines is 1. The van der Waals surface area contributed by atoms with Crippen LogP contribution in [0.5, 0.6) is 0 Å². The lowest BCUT2D eigenvalue weighted by atomic mass is 10.1. The Morgan fingerprint density at radius 1 is 1.32 bits per heavy atom. The van der Waals surface area contributed by atoms with Crippen LogP contribution in [0, 0.1) is 0 Å². The Hall–Kier alpha value is -3.44. The number of urea groups is 1. The summed E-state index contributed by atoms with van der Waals surface area (Å²) in [7, 11) is 0. The van der Waals surface area contributed by atoms with Gasteiger partial charge in [0.2, 0.25) is 23.6 Å². The van der Waals surface area contributed by atoms with E-state index >= 15 is 0 Å². The van der Waals surface area contributed by atoms with E-state index in [0.29, 0.717) is 25.1 Å². The third-order valence-electron chi connectivity index (χ3n) is 5.45. The highest BCUT2D eigenvalue weighted by atomic mass is 16.2. The number of primary amides is 1. The average molecular weight is 433 g/mol. The molecule has 0 radical (unpaired) electrons. The number of carbonyl (C=O) groups is 5. The van der Waals surface area contributed by atoms with Crippen molar-refractivity contribution < 1.29 is 24.0 Å². The molecule has 0 bridgehead atoms. The first-order valence-corrected chi connectivity index (χ1v) is 10.2. The molecule has 6 amide bonds. The van der Waals surface area contributed by atoms with Crippen LogP contribution < -0.4 is 16.4 Å². The van der Waals surface area contributed by atoms with Gasteiger partial charge in [0.1, 0.15) is 18.1 Å². The van der Waals surface area contributed by atoms with Crippen LogP contribution in [0.15, 0.2) is 12.5 Å². The number of amides is 6. The molecule has 3 heterocycles. The lowest BCUT2D eigenvalue weighted by Crippen LogP contribution is -2.63. The van der Waals surface area contributed by atoms with E-state index in [1.54, 1.807) is 13.8 Å². The van der Waals surface area contributed by atoms with Gasteiger partial charge in [0.05, 0.1) is 12.7 Å². The fourth-order valence-corrected chi connectivity index (χ4v) is 3.95. The molecule has 0 unspecified atom stereocenters. The first-order chi connectivity index (χ1) is 14.7. The van der Waals surface area contributed by atoms with E-state index in [1.807, 2.05) is 0 Å². The van der Waals surface area contributed by atoms with E-state index in [-0.39, 0.29) is 18.9 Å². The molecule has 2 aliphatic heterocycles. The van der Waals surface area contributed by atoms with Crippen molar-refractivity contribution in [3.05, 3.63) is 18.2 Å². The van der Waals surface area contributed by atoms with E-state index in [4.69, 9.17) is 5.73 Å². The molecule has 168 valence electrons. The zero-order valence-corrected chi connectivity index (χ0v) is 17.5. The molecule has 2 saturated heterocycles. The van der Waals surface area contributed by atoms with Crippen LogP contribution in [0.1, 0.15) is 38.8 Å². The van der Waals surface area contributed by atoms with Crippen LogP contribution in [-0.2, 0) is 25.6 Å². The number of aromatic nitrogens is 2. The van der Waals surface area contributed by atoms with E-state index in [1.165, 1.54) is 17.4 Å². The SMILES string of the molecule is CC(C)N1C(=O)C[C@@H](C(=O)N[C@@H](Cc2cnc[nH]2)C(=O)N2CCC[C@H]2C(N)=O)NC1=O. The average Bonchev–Trinajstić information content (AvgIpc) is 3.37. The summed E-state index contributed by atoms with van der Waals surface area (Å²) >= 11 is 0. The van der Waals surface area contributed by atoms with Gasteiger partial charge in [0, 0.05) is 30.9 Å². The number of nitrogens with one attached hydrogen (secondary N) is 3. The Kier molecular flexibility index (Phi) is 6.56. The molecule has 12 nitrogen and oxygen atoms in total. The lowest BCUT2D eigenvalue weighted by Gasteiger charge is -2.34. The van der Waals surface area contributed by atoms with Crippen LogP contribution in [-0.4, -0.2) is 80.1 Å². The van der Waals surface area contributed by atoms with E-state index in [2.05, 4.69) is 20.6 Å². The van der Waals surface area contributed by atoms with Crippen molar-refractivity contribution in [2.24, 2.45) is 5.73 Å². The van der Waals surface area contributed by atoms with Gasteiger partial charge in [-0.15, -0.1) is 0 Å². The molecule has 1 aromatic rings. The first kappa shape index (κ1) is 22.2. The molecule has 5 N–H and O–H groups in total. The van der Waals surface area contributed by atoms with E-state index < -0.39 is 47.8 Å². The number of likely N-dealkylation sites (tertiary alicyclic amines) is 1. The van der Waals surface area contributed by atoms with Crippen LogP contribution in [0.4, 0.5) is 4.79 Å². The Bertz CT molecular complexity index is 851. The monoisotopic (exact) mass is 433 g/mol. The van der Waals surface area contributed by atoms with E-state index in [0.717, 1.165) is 4.90 Å². The number of nitrogens with two attached hydrogens (primary N) is 1. The zero-order valence-electron chi connectivity index (χ0n) is 17.5. The van der Waals surface area contributed by atoms with Gasteiger partial charge in [-0.05, 0) is 26.7 Å². The molecule has 0 aromatic carbocycles. The second-order valence-electron chi connectivity index (χ2n) is 8.00. The molecule has 3 atom stereocenters. The second-order valence-corrected chi connectivity index (χ2v) is 8.00. The molecule has 3 rings (SSSR count). The number of nitrogens with zero attached hydrogens (tertiary/aromatic N) is 3. The fraction of sp³-hybridized carbons (Fsp3) is 0.579. The highest BCUT2D eigenvalue weighted by Crippen LogP contribution is 2.19. The number of imidazole rings is 1. The standard InChI is InChI=1S/C19H27N7O5/c1-10(2)26-15(27)7-12(24-19(26)31)17(29)23-13(6-11-8-21-9-22-11)18(30)25-5-3-4-14(25)16(20)28/h8-10,12-14H,3-7H2,1-2H3,(H2,20,28)(H,21,22)(H,23,29)(H,24,31)/t12-,13-,14-/m0/s1. The molecular formula is C19H27N7O5. The molecule has 0 saturated carbocycles. The topological polar surface area (TPSA) is 171 Å². The Morgan fingerprint density at radius 3 is 2.65 bits per heavy atom. The quantitative estimate of drug-likeness (QED) is 0.413. The minimum atomic E-state index is -1.10. The number of hydrogen-bond acceptors (Lipinski definition) is 6. The van der Waals surface area contributed by atoms with Crippen molar-refractivity contribution in [2.75, 3.05) is 6.54 Å². The number of H-pyrrole nitrogens is 1. The normalized spacial score (nSPS) is 22.4. The van der Waals surface area contributed by atoms with Gasteiger partial charge in [0.15, 0.2) is 0 Å². The van der Waals surface area contributed by atoms with Crippen LogP contribution >= 0.6 is 0 Å². The Morgan fingerprint density at radius 2 is 2.06 bits per heavy atom. The van der Waals surface area contributed by atoms with Crippen LogP contribution in [0.25, 0.3) is 0 Å². The molecule has 1 aromatic heterocycles. The second kappa shape index (κ2) is 9.14. The van der Waals surface area contributed by atoms with Gasteiger partial charge in [-0.25, -0.2) is 9.78 Å². The van der Waals surface area contributed by atoms with Crippen molar-refractivity contribution >= 4 is 29.7 Å². The van der Waals surface area contributed by atoms with Crippen molar-refractivity contribution in [1.29, 1.82) is 0 Å². The maximum Gasteiger partial charge on any atom is 0.324 e. The molecule has 31 heavy (non-hydrogen) atoms. The predicted molar refractivity (Wildman–Crippen MR) is 107 cm³/mol. The summed E-state index contributed by atoms with van der Waals surface area (Å²) in [6.07, 6.45) is 3.94. The van der Waals surface area contributed by atoms with Gasteiger partial charge >= 0.3 is 6.03 Å². The molecule has 12 heteroatoms. The first-order valence-electron chi connectivity index (χ1n) is 10.2. The number of carbonyl (C=O) groups excluding carboxylic acids is 5. The van der Waals surface area contributed by atoms with Crippen molar-refractivity contribution in [1.82, 2.24) is 30.4 Å². The molecule has 0 spiro atoms. The maximum absolute atomic E-state index is 13.2. The number of rotatable bonds is 7. The number of hydrogen-bond donors (Lipinski definition) is 4.